The number of benzene rings is 2. The minimum absolute atomic E-state index is 0.0183. The van der Waals surface area contributed by atoms with Crippen LogP contribution in [-0.4, -0.2) is 47.1 Å². The molecular formula is C24H29FN4O2S. The van der Waals surface area contributed by atoms with Gasteiger partial charge in [-0.15, -0.1) is 11.8 Å². The fourth-order valence-corrected chi connectivity index (χ4v) is 5.30. The quantitative estimate of drug-likeness (QED) is 0.623. The molecular weight excluding hydrogens is 427 g/mol. The van der Waals surface area contributed by atoms with Crippen LogP contribution < -0.4 is 16.0 Å². The van der Waals surface area contributed by atoms with E-state index in [1.165, 1.54) is 23.9 Å². The van der Waals surface area contributed by atoms with E-state index in [0.717, 1.165) is 35.3 Å². The molecule has 0 radical (unpaired) electrons. The second-order valence-electron chi connectivity index (χ2n) is 8.65. The van der Waals surface area contributed by atoms with E-state index in [1.54, 1.807) is 12.1 Å². The maximum Gasteiger partial charge on any atom is 0.234 e. The normalized spacial score (nSPS) is 23.3. The summed E-state index contributed by atoms with van der Waals surface area (Å²) in [6.07, 6.45) is 0.852. The van der Waals surface area contributed by atoms with Crippen molar-refractivity contribution in [1.29, 1.82) is 0 Å². The second kappa shape index (κ2) is 10.0. The molecule has 2 heterocycles. The van der Waals surface area contributed by atoms with Gasteiger partial charge in [0.2, 0.25) is 11.8 Å². The SMILES string of the molecule is Cc1cc(C)cc(NC(=O)CSC2NC(=O)C3CN(Cc4ccc(F)cc4)CCC3N2)c1. The van der Waals surface area contributed by atoms with E-state index in [2.05, 4.69) is 26.9 Å². The highest BCUT2D eigenvalue weighted by Gasteiger charge is 2.39. The lowest BCUT2D eigenvalue weighted by molar-refractivity contribution is -0.130. The molecule has 0 saturated carbocycles. The second-order valence-corrected chi connectivity index (χ2v) is 9.75. The van der Waals surface area contributed by atoms with Gasteiger partial charge < -0.3 is 10.6 Å². The van der Waals surface area contributed by atoms with Gasteiger partial charge >= 0.3 is 0 Å². The number of hydrogen-bond acceptors (Lipinski definition) is 5. The van der Waals surface area contributed by atoms with E-state index in [-0.39, 0.29) is 40.8 Å². The van der Waals surface area contributed by atoms with E-state index in [1.807, 2.05) is 26.0 Å². The van der Waals surface area contributed by atoms with Gasteiger partial charge in [0.1, 0.15) is 11.3 Å². The van der Waals surface area contributed by atoms with Crippen LogP contribution in [0.15, 0.2) is 42.5 Å². The van der Waals surface area contributed by atoms with Crippen LogP contribution in [0.4, 0.5) is 10.1 Å². The van der Waals surface area contributed by atoms with Crippen LogP contribution in [0.2, 0.25) is 0 Å². The number of fused-ring (bicyclic) bond motifs is 1. The highest BCUT2D eigenvalue weighted by atomic mass is 32.2. The fourth-order valence-electron chi connectivity index (χ4n) is 4.44. The first-order valence-corrected chi connectivity index (χ1v) is 11.9. The van der Waals surface area contributed by atoms with Gasteiger partial charge in [-0.25, -0.2) is 4.39 Å². The zero-order valence-electron chi connectivity index (χ0n) is 18.4. The minimum Gasteiger partial charge on any atom is -0.331 e. The molecule has 2 aromatic carbocycles. The number of carbonyl (C=O) groups excluding carboxylic acids is 2. The zero-order chi connectivity index (χ0) is 22.7. The molecule has 32 heavy (non-hydrogen) atoms. The number of thioether (sulfide) groups is 1. The number of carbonyl (C=O) groups is 2. The molecule has 2 aromatic rings. The summed E-state index contributed by atoms with van der Waals surface area (Å²) in [6.45, 7) is 6.23. The van der Waals surface area contributed by atoms with Crippen LogP contribution in [-0.2, 0) is 16.1 Å². The Labute approximate surface area is 192 Å². The Morgan fingerprint density at radius 1 is 1.19 bits per heavy atom. The van der Waals surface area contributed by atoms with Gasteiger partial charge in [0, 0.05) is 31.4 Å². The molecule has 0 aromatic heterocycles. The molecule has 8 heteroatoms. The van der Waals surface area contributed by atoms with Crippen molar-refractivity contribution in [3.63, 3.8) is 0 Å². The summed E-state index contributed by atoms with van der Waals surface area (Å²) < 4.78 is 13.1. The van der Waals surface area contributed by atoms with Crippen molar-refractivity contribution in [2.24, 2.45) is 5.92 Å². The molecule has 6 nitrogen and oxygen atoms in total. The van der Waals surface area contributed by atoms with Crippen molar-refractivity contribution < 1.29 is 14.0 Å². The number of hydrogen-bond donors (Lipinski definition) is 3. The Bertz CT molecular complexity index is 964. The number of piperidine rings is 1. The Morgan fingerprint density at radius 2 is 1.91 bits per heavy atom. The van der Waals surface area contributed by atoms with Crippen molar-refractivity contribution in [3.8, 4) is 0 Å². The molecule has 3 unspecified atom stereocenters. The Hall–Kier alpha value is -2.42. The van der Waals surface area contributed by atoms with E-state index >= 15 is 0 Å². The first-order valence-electron chi connectivity index (χ1n) is 10.9. The average Bonchev–Trinajstić information content (AvgIpc) is 2.73. The highest BCUT2D eigenvalue weighted by Crippen LogP contribution is 2.25. The molecule has 2 amide bonds. The summed E-state index contributed by atoms with van der Waals surface area (Å²) in [5, 5.41) is 9.42. The lowest BCUT2D eigenvalue weighted by Gasteiger charge is -2.43. The summed E-state index contributed by atoms with van der Waals surface area (Å²) in [4.78, 5) is 27.4. The van der Waals surface area contributed by atoms with Gasteiger partial charge in [-0.3, -0.25) is 19.8 Å². The number of nitrogens with one attached hydrogen (secondary N) is 3. The van der Waals surface area contributed by atoms with Crippen molar-refractivity contribution in [2.75, 3.05) is 24.2 Å². The van der Waals surface area contributed by atoms with Crippen molar-refractivity contribution in [3.05, 3.63) is 65.0 Å². The van der Waals surface area contributed by atoms with Crippen molar-refractivity contribution in [1.82, 2.24) is 15.5 Å². The van der Waals surface area contributed by atoms with Crippen LogP contribution in [0, 0.1) is 25.6 Å². The maximum absolute atomic E-state index is 13.1. The lowest BCUT2D eigenvalue weighted by Crippen LogP contribution is -2.64. The molecule has 4 rings (SSSR count). The largest absolute Gasteiger partial charge is 0.331 e. The number of nitrogens with zero attached hydrogens (tertiary/aromatic N) is 1. The highest BCUT2D eigenvalue weighted by molar-refractivity contribution is 8.00. The molecule has 2 saturated heterocycles. The molecule has 3 N–H and O–H groups in total. The first kappa shape index (κ1) is 22.8. The summed E-state index contributed by atoms with van der Waals surface area (Å²) in [5.74, 6) is -0.198. The average molecular weight is 457 g/mol. The Kier molecular flexibility index (Phi) is 7.13. The maximum atomic E-state index is 13.1. The molecule has 2 fully saturated rings. The number of anilines is 1. The van der Waals surface area contributed by atoms with E-state index in [0.29, 0.717) is 13.1 Å². The topological polar surface area (TPSA) is 73.5 Å². The van der Waals surface area contributed by atoms with E-state index < -0.39 is 0 Å². The third kappa shape index (κ3) is 5.88. The Balaban J connectivity index is 1.25. The number of amides is 2. The fraction of sp³-hybridized carbons (Fsp3) is 0.417. The monoisotopic (exact) mass is 456 g/mol. The van der Waals surface area contributed by atoms with E-state index in [9.17, 15) is 14.0 Å². The first-order chi connectivity index (χ1) is 15.4. The molecule has 2 aliphatic rings. The summed E-state index contributed by atoms with van der Waals surface area (Å²) >= 11 is 1.39. The molecule has 0 bridgehead atoms. The van der Waals surface area contributed by atoms with Gasteiger partial charge in [-0.2, -0.15) is 0 Å². The summed E-state index contributed by atoms with van der Waals surface area (Å²) in [6, 6.07) is 12.6. The summed E-state index contributed by atoms with van der Waals surface area (Å²) in [7, 11) is 0. The smallest absolute Gasteiger partial charge is 0.234 e. The molecule has 0 aliphatic carbocycles. The van der Waals surface area contributed by atoms with Crippen molar-refractivity contribution in [2.45, 2.75) is 38.4 Å². The van der Waals surface area contributed by atoms with Crippen molar-refractivity contribution >= 4 is 29.3 Å². The van der Waals surface area contributed by atoms with Crippen LogP contribution >= 0.6 is 11.8 Å². The third-order valence-corrected chi connectivity index (χ3v) is 6.89. The van der Waals surface area contributed by atoms with Gasteiger partial charge in [-0.05, 0) is 61.2 Å². The number of likely N-dealkylation sites (tertiary alicyclic amines) is 1. The van der Waals surface area contributed by atoms with Gasteiger partial charge in [-0.1, -0.05) is 18.2 Å². The van der Waals surface area contributed by atoms with Crippen LogP contribution in [0.5, 0.6) is 0 Å². The lowest BCUT2D eigenvalue weighted by atomic mass is 9.89. The van der Waals surface area contributed by atoms with Crippen LogP contribution in [0.3, 0.4) is 0 Å². The Morgan fingerprint density at radius 3 is 2.62 bits per heavy atom. The van der Waals surface area contributed by atoms with Gasteiger partial charge in [0.15, 0.2) is 0 Å². The number of halogens is 1. The predicted octanol–water partition coefficient (Wildman–Crippen LogP) is 3.01. The molecule has 0 spiro atoms. The molecule has 2 aliphatic heterocycles. The third-order valence-electron chi connectivity index (χ3n) is 5.88. The standard InChI is InChI=1S/C24H29FN4O2S/c1-15-9-16(2)11-19(10-15)26-22(30)14-32-24-27-21-7-8-29(13-20(21)23(31)28-24)12-17-3-5-18(25)6-4-17/h3-6,9-11,20-21,24,27H,7-8,12-14H2,1-2H3,(H,26,30)(H,28,31). The molecule has 3 atom stereocenters. The van der Waals surface area contributed by atoms with Crippen LogP contribution in [0.25, 0.3) is 0 Å². The van der Waals surface area contributed by atoms with Gasteiger partial charge in [0.05, 0.1) is 11.7 Å². The van der Waals surface area contributed by atoms with Gasteiger partial charge in [0.25, 0.3) is 0 Å². The number of rotatable bonds is 6. The molecule has 170 valence electrons. The van der Waals surface area contributed by atoms with E-state index in [4.69, 9.17) is 0 Å². The minimum atomic E-state index is -0.280. The predicted molar refractivity (Wildman–Crippen MR) is 126 cm³/mol. The van der Waals surface area contributed by atoms with Crippen LogP contribution in [0.1, 0.15) is 23.1 Å². The number of aryl methyl sites for hydroxylation is 2. The summed E-state index contributed by atoms with van der Waals surface area (Å²) in [5.41, 5.74) is 3.76. The zero-order valence-corrected chi connectivity index (χ0v) is 19.2.